The molecule has 2 N–H and O–H groups in total. The van der Waals surface area contributed by atoms with Crippen molar-refractivity contribution in [3.05, 3.63) is 60.2 Å². The molecule has 0 radical (unpaired) electrons. The first-order chi connectivity index (χ1) is 14.1. The van der Waals surface area contributed by atoms with Crippen LogP contribution in [0.5, 0.6) is 5.75 Å². The van der Waals surface area contributed by atoms with E-state index in [1.807, 2.05) is 55.5 Å². The summed E-state index contributed by atoms with van der Waals surface area (Å²) in [6, 6.07) is 14.9. The summed E-state index contributed by atoms with van der Waals surface area (Å²) < 4.78 is 10.4. The number of nitrogens with zero attached hydrogens (tertiary/aromatic N) is 3. The Labute approximate surface area is 167 Å². The van der Waals surface area contributed by atoms with Crippen LogP contribution in [0.25, 0.3) is 22.4 Å². The van der Waals surface area contributed by atoms with Crippen LogP contribution in [-0.2, 0) is 11.2 Å². The molecule has 29 heavy (non-hydrogen) atoms. The third-order valence-electron chi connectivity index (χ3n) is 4.58. The summed E-state index contributed by atoms with van der Waals surface area (Å²) in [7, 11) is 1.61. The molecule has 0 unspecified atom stereocenters. The highest BCUT2D eigenvalue weighted by atomic mass is 16.5. The lowest BCUT2D eigenvalue weighted by atomic mass is 10.2. The standard InChI is InChI=1S/C21H21N5O3/c1-13(20-23-16-5-3-4-6-17(16)24-20)22-18(27)11-12-19-25-21(26-29-19)14-7-9-15(28-2)10-8-14/h3-10,13H,11-12H2,1-2H3,(H,22,27)(H,23,24)/t13-/m0/s1. The van der Waals surface area contributed by atoms with Crippen molar-refractivity contribution in [3.8, 4) is 17.1 Å². The molecule has 2 heterocycles. The van der Waals surface area contributed by atoms with E-state index < -0.39 is 0 Å². The maximum absolute atomic E-state index is 12.3. The second-order valence-electron chi connectivity index (χ2n) is 6.67. The molecule has 0 aliphatic carbocycles. The van der Waals surface area contributed by atoms with Crippen molar-refractivity contribution in [2.24, 2.45) is 0 Å². The Morgan fingerprint density at radius 3 is 2.72 bits per heavy atom. The van der Waals surface area contributed by atoms with E-state index in [4.69, 9.17) is 9.26 Å². The molecule has 1 amide bonds. The van der Waals surface area contributed by atoms with E-state index in [1.54, 1.807) is 7.11 Å². The van der Waals surface area contributed by atoms with E-state index in [2.05, 4.69) is 25.4 Å². The zero-order chi connectivity index (χ0) is 20.2. The quantitative estimate of drug-likeness (QED) is 0.500. The topological polar surface area (TPSA) is 106 Å². The minimum atomic E-state index is -0.229. The van der Waals surface area contributed by atoms with Crippen LogP contribution in [0.3, 0.4) is 0 Å². The molecular formula is C21H21N5O3. The predicted molar refractivity (Wildman–Crippen MR) is 107 cm³/mol. The third kappa shape index (κ3) is 4.26. The van der Waals surface area contributed by atoms with E-state index in [9.17, 15) is 4.79 Å². The summed E-state index contributed by atoms with van der Waals surface area (Å²) in [4.78, 5) is 24.4. The average molecular weight is 391 g/mol. The molecule has 0 saturated heterocycles. The minimum Gasteiger partial charge on any atom is -0.497 e. The van der Waals surface area contributed by atoms with Crippen molar-refractivity contribution in [1.82, 2.24) is 25.4 Å². The molecule has 0 aliphatic rings. The van der Waals surface area contributed by atoms with Crippen LogP contribution in [-0.4, -0.2) is 33.1 Å². The highest BCUT2D eigenvalue weighted by molar-refractivity contribution is 5.77. The zero-order valence-electron chi connectivity index (χ0n) is 16.2. The van der Waals surface area contributed by atoms with Gasteiger partial charge < -0.3 is 19.6 Å². The molecule has 148 valence electrons. The van der Waals surface area contributed by atoms with Gasteiger partial charge in [-0.1, -0.05) is 17.3 Å². The number of hydrogen-bond acceptors (Lipinski definition) is 6. The molecular weight excluding hydrogens is 370 g/mol. The SMILES string of the molecule is COc1ccc(-c2noc(CCC(=O)N[C@@H](C)c3nc4ccccc4[nH]3)n2)cc1. The first-order valence-electron chi connectivity index (χ1n) is 9.33. The van der Waals surface area contributed by atoms with Gasteiger partial charge in [0.15, 0.2) is 0 Å². The molecule has 1 atom stereocenters. The van der Waals surface area contributed by atoms with E-state index >= 15 is 0 Å². The summed E-state index contributed by atoms with van der Waals surface area (Å²) in [6.45, 7) is 1.89. The van der Waals surface area contributed by atoms with Crippen LogP contribution in [0.15, 0.2) is 53.1 Å². The van der Waals surface area contributed by atoms with Crippen molar-refractivity contribution in [2.75, 3.05) is 7.11 Å². The largest absolute Gasteiger partial charge is 0.497 e. The number of aryl methyl sites for hydroxylation is 1. The zero-order valence-corrected chi connectivity index (χ0v) is 16.2. The van der Waals surface area contributed by atoms with Crippen LogP contribution in [0.2, 0.25) is 0 Å². The predicted octanol–water partition coefficient (Wildman–Crippen LogP) is 3.43. The van der Waals surface area contributed by atoms with Gasteiger partial charge in [0.25, 0.3) is 0 Å². The number of methoxy groups -OCH3 is 1. The summed E-state index contributed by atoms with van der Waals surface area (Å²) in [6.07, 6.45) is 0.608. The number of hydrogen-bond donors (Lipinski definition) is 2. The van der Waals surface area contributed by atoms with Gasteiger partial charge in [-0.25, -0.2) is 4.98 Å². The number of imidazole rings is 1. The molecule has 0 fully saturated rings. The van der Waals surface area contributed by atoms with Crippen LogP contribution in [0.4, 0.5) is 0 Å². The molecule has 4 aromatic rings. The fourth-order valence-electron chi connectivity index (χ4n) is 2.99. The number of fused-ring (bicyclic) bond motifs is 1. The Kier molecular flexibility index (Phi) is 5.24. The molecule has 2 aromatic carbocycles. The number of rotatable bonds is 7. The highest BCUT2D eigenvalue weighted by Gasteiger charge is 2.15. The lowest BCUT2D eigenvalue weighted by molar-refractivity contribution is -0.121. The lowest BCUT2D eigenvalue weighted by Crippen LogP contribution is -2.27. The Balaban J connectivity index is 1.32. The molecule has 0 spiro atoms. The van der Waals surface area contributed by atoms with Crippen molar-refractivity contribution in [1.29, 1.82) is 0 Å². The minimum absolute atomic E-state index is 0.109. The van der Waals surface area contributed by atoms with Gasteiger partial charge in [0.2, 0.25) is 17.6 Å². The van der Waals surface area contributed by atoms with E-state index in [0.29, 0.717) is 18.1 Å². The number of H-pyrrole nitrogens is 1. The lowest BCUT2D eigenvalue weighted by Gasteiger charge is -2.10. The van der Waals surface area contributed by atoms with Gasteiger partial charge in [-0.3, -0.25) is 4.79 Å². The number of amides is 1. The number of benzene rings is 2. The molecule has 2 aromatic heterocycles. The summed E-state index contributed by atoms with van der Waals surface area (Å²) in [5, 5.41) is 6.92. The molecule has 8 nitrogen and oxygen atoms in total. The number of carbonyl (C=O) groups is 1. The maximum Gasteiger partial charge on any atom is 0.227 e. The molecule has 4 rings (SSSR count). The number of nitrogens with one attached hydrogen (secondary N) is 2. The molecule has 8 heteroatoms. The third-order valence-corrected chi connectivity index (χ3v) is 4.58. The molecule has 0 bridgehead atoms. The fraction of sp³-hybridized carbons (Fsp3) is 0.238. The van der Waals surface area contributed by atoms with Crippen LogP contribution in [0, 0.1) is 0 Å². The number of carbonyl (C=O) groups excluding carboxylic acids is 1. The molecule has 0 aliphatic heterocycles. The monoisotopic (exact) mass is 391 g/mol. The van der Waals surface area contributed by atoms with Gasteiger partial charge in [0.05, 0.1) is 24.2 Å². The first-order valence-corrected chi connectivity index (χ1v) is 9.33. The molecule has 0 saturated carbocycles. The van der Waals surface area contributed by atoms with Crippen molar-refractivity contribution in [2.45, 2.75) is 25.8 Å². The van der Waals surface area contributed by atoms with E-state index in [1.165, 1.54) is 0 Å². The van der Waals surface area contributed by atoms with Gasteiger partial charge in [-0.2, -0.15) is 4.98 Å². The summed E-state index contributed by atoms with van der Waals surface area (Å²) >= 11 is 0. The Morgan fingerprint density at radius 1 is 1.17 bits per heavy atom. The first kappa shape index (κ1) is 18.7. The van der Waals surface area contributed by atoms with Crippen molar-refractivity contribution in [3.63, 3.8) is 0 Å². The summed E-state index contributed by atoms with van der Waals surface area (Å²) in [5.41, 5.74) is 2.64. The number of ether oxygens (including phenoxy) is 1. The Bertz CT molecular complexity index is 1080. The Morgan fingerprint density at radius 2 is 1.97 bits per heavy atom. The smallest absolute Gasteiger partial charge is 0.227 e. The normalized spacial score (nSPS) is 12.1. The maximum atomic E-state index is 12.3. The van der Waals surface area contributed by atoms with Gasteiger partial charge in [0, 0.05) is 18.4 Å². The van der Waals surface area contributed by atoms with E-state index in [0.717, 1.165) is 28.2 Å². The second-order valence-corrected chi connectivity index (χ2v) is 6.67. The van der Waals surface area contributed by atoms with Gasteiger partial charge in [-0.05, 0) is 43.3 Å². The fourth-order valence-corrected chi connectivity index (χ4v) is 2.99. The average Bonchev–Trinajstić information content (AvgIpc) is 3.39. The van der Waals surface area contributed by atoms with Crippen LogP contribution >= 0.6 is 0 Å². The van der Waals surface area contributed by atoms with Crippen LogP contribution < -0.4 is 10.1 Å². The van der Waals surface area contributed by atoms with Gasteiger partial charge in [-0.15, -0.1) is 0 Å². The number of para-hydroxylation sites is 2. The van der Waals surface area contributed by atoms with Crippen molar-refractivity contribution < 1.29 is 14.1 Å². The van der Waals surface area contributed by atoms with Crippen molar-refractivity contribution >= 4 is 16.9 Å². The second kappa shape index (κ2) is 8.14. The van der Waals surface area contributed by atoms with Gasteiger partial charge in [0.1, 0.15) is 11.6 Å². The van der Waals surface area contributed by atoms with Gasteiger partial charge >= 0.3 is 0 Å². The van der Waals surface area contributed by atoms with E-state index in [-0.39, 0.29) is 18.4 Å². The van der Waals surface area contributed by atoms with Crippen LogP contribution in [0.1, 0.15) is 31.1 Å². The Hall–Kier alpha value is -3.68. The number of aromatic nitrogens is 4. The number of aromatic amines is 1. The summed E-state index contributed by atoms with van der Waals surface area (Å²) in [5.74, 6) is 2.27. The highest BCUT2D eigenvalue weighted by Crippen LogP contribution is 2.20.